The van der Waals surface area contributed by atoms with E-state index in [0.717, 1.165) is 53.8 Å². The summed E-state index contributed by atoms with van der Waals surface area (Å²) in [5, 5.41) is 5.14. The number of hydrogen-bond acceptors (Lipinski definition) is 3. The number of rotatable bonds is 9. The molecule has 0 fully saturated rings. The zero-order valence-corrected chi connectivity index (χ0v) is 20.4. The second-order valence-electron chi connectivity index (χ2n) is 8.20. The number of pyridine rings is 1. The van der Waals surface area contributed by atoms with Crippen molar-refractivity contribution in [2.24, 2.45) is 0 Å². The maximum Gasteiger partial charge on any atom is 0.253 e. The van der Waals surface area contributed by atoms with Crippen LogP contribution in [-0.2, 0) is 13.1 Å². The van der Waals surface area contributed by atoms with Crippen molar-refractivity contribution in [3.05, 3.63) is 81.1 Å². The molecule has 0 radical (unpaired) electrons. The number of nitrogens with one attached hydrogen (secondary N) is 2. The molecule has 1 heterocycles. The lowest BCUT2D eigenvalue weighted by Gasteiger charge is -2.29. The maximum absolute atomic E-state index is 12.9. The first-order valence-electron chi connectivity index (χ1n) is 11.3. The minimum atomic E-state index is -0.0510. The van der Waals surface area contributed by atoms with Crippen molar-refractivity contribution in [2.75, 3.05) is 26.2 Å². The van der Waals surface area contributed by atoms with Gasteiger partial charge in [-0.1, -0.05) is 56.3 Å². The molecule has 0 amide bonds. The molecule has 0 aliphatic carbocycles. The van der Waals surface area contributed by atoms with E-state index < -0.39 is 0 Å². The molecule has 0 bridgehead atoms. The van der Waals surface area contributed by atoms with E-state index in [2.05, 4.69) is 59.1 Å². The number of aromatic amines is 1. The van der Waals surface area contributed by atoms with E-state index in [4.69, 9.17) is 12.2 Å². The van der Waals surface area contributed by atoms with Crippen LogP contribution in [-0.4, -0.2) is 46.1 Å². The van der Waals surface area contributed by atoms with Crippen LogP contribution in [0.25, 0.3) is 10.9 Å². The van der Waals surface area contributed by atoms with Crippen LogP contribution in [0.5, 0.6) is 0 Å². The Morgan fingerprint density at radius 2 is 1.69 bits per heavy atom. The predicted octanol–water partition coefficient (Wildman–Crippen LogP) is 4.36. The Morgan fingerprint density at radius 3 is 2.38 bits per heavy atom. The van der Waals surface area contributed by atoms with Gasteiger partial charge >= 0.3 is 0 Å². The summed E-state index contributed by atoms with van der Waals surface area (Å²) in [5.41, 5.74) is 5.00. The number of fused-ring (bicyclic) bond motifs is 1. The lowest BCUT2D eigenvalue weighted by Crippen LogP contribution is -2.44. The normalized spacial score (nSPS) is 11.2. The van der Waals surface area contributed by atoms with E-state index in [-0.39, 0.29) is 5.56 Å². The Hall–Kier alpha value is -2.70. The van der Waals surface area contributed by atoms with E-state index in [0.29, 0.717) is 18.2 Å². The number of H-pyrrole nitrogens is 1. The maximum atomic E-state index is 12.9. The molecule has 2 aromatic carbocycles. The van der Waals surface area contributed by atoms with Crippen molar-refractivity contribution in [3.63, 3.8) is 0 Å². The van der Waals surface area contributed by atoms with Crippen molar-refractivity contribution < 1.29 is 0 Å². The highest BCUT2D eigenvalue weighted by Crippen LogP contribution is 2.20. The summed E-state index contributed by atoms with van der Waals surface area (Å²) in [5.74, 6) is 0. The van der Waals surface area contributed by atoms with Gasteiger partial charge in [-0.15, -0.1) is 0 Å². The first-order valence-corrected chi connectivity index (χ1v) is 11.7. The average molecular weight is 451 g/mol. The third-order valence-corrected chi connectivity index (χ3v) is 6.44. The fourth-order valence-electron chi connectivity index (χ4n) is 3.88. The highest BCUT2D eigenvalue weighted by Gasteiger charge is 2.15. The van der Waals surface area contributed by atoms with Crippen LogP contribution < -0.4 is 10.9 Å². The van der Waals surface area contributed by atoms with E-state index in [1.807, 2.05) is 37.3 Å². The monoisotopic (exact) mass is 450 g/mol. The number of thiocarbonyl (C=S) groups is 1. The standard InChI is InChI=1S/C26H34N4OS/c1-5-29(6-2)14-15-30(26(32)27-17-21-10-8-7-9-11-21)18-22-16-23-19(3)12-13-20(4)24(23)28-25(22)31/h7-13,16H,5-6,14-15,17-18H2,1-4H3,(H,27,32)(H,28,31). The topological polar surface area (TPSA) is 51.4 Å². The Morgan fingerprint density at radius 1 is 1.00 bits per heavy atom. The van der Waals surface area contributed by atoms with E-state index >= 15 is 0 Å². The molecule has 32 heavy (non-hydrogen) atoms. The zero-order valence-electron chi connectivity index (χ0n) is 19.6. The summed E-state index contributed by atoms with van der Waals surface area (Å²) in [6.45, 7) is 13.2. The molecule has 3 rings (SSSR count). The average Bonchev–Trinajstić information content (AvgIpc) is 2.81. The summed E-state index contributed by atoms with van der Waals surface area (Å²) in [6, 6.07) is 16.4. The van der Waals surface area contributed by atoms with Crippen LogP contribution >= 0.6 is 12.2 Å². The second-order valence-corrected chi connectivity index (χ2v) is 8.59. The van der Waals surface area contributed by atoms with Crippen molar-refractivity contribution >= 4 is 28.2 Å². The van der Waals surface area contributed by atoms with Gasteiger partial charge < -0.3 is 20.1 Å². The lowest BCUT2D eigenvalue weighted by molar-refractivity contribution is 0.263. The van der Waals surface area contributed by atoms with Gasteiger partial charge in [0.15, 0.2) is 5.11 Å². The predicted molar refractivity (Wildman–Crippen MR) is 138 cm³/mol. The molecule has 0 aliphatic rings. The molecule has 0 saturated heterocycles. The molecule has 6 heteroatoms. The molecule has 5 nitrogen and oxygen atoms in total. The molecule has 0 aliphatic heterocycles. The van der Waals surface area contributed by atoms with Crippen LogP contribution in [0.1, 0.15) is 36.1 Å². The smallest absolute Gasteiger partial charge is 0.253 e. The van der Waals surface area contributed by atoms with Crippen LogP contribution in [0.2, 0.25) is 0 Å². The second kappa shape index (κ2) is 11.2. The van der Waals surface area contributed by atoms with Gasteiger partial charge in [0.2, 0.25) is 0 Å². The molecule has 170 valence electrons. The number of hydrogen-bond donors (Lipinski definition) is 2. The molecular weight excluding hydrogens is 416 g/mol. The van der Waals surface area contributed by atoms with Gasteiger partial charge in [0.05, 0.1) is 12.1 Å². The van der Waals surface area contributed by atoms with E-state index in [9.17, 15) is 4.79 Å². The van der Waals surface area contributed by atoms with Gasteiger partial charge in [0.1, 0.15) is 0 Å². The Labute approximate surface area is 196 Å². The Bertz CT molecular complexity index is 1110. The Kier molecular flexibility index (Phi) is 8.42. The fourth-order valence-corrected chi connectivity index (χ4v) is 4.11. The highest BCUT2D eigenvalue weighted by atomic mass is 32.1. The number of nitrogens with zero attached hydrogens (tertiary/aromatic N) is 2. The van der Waals surface area contributed by atoms with Crippen LogP contribution in [0.15, 0.2) is 53.3 Å². The first-order chi connectivity index (χ1) is 15.4. The molecule has 0 atom stereocenters. The third-order valence-electron chi connectivity index (χ3n) is 6.04. The van der Waals surface area contributed by atoms with Crippen molar-refractivity contribution in [2.45, 2.75) is 40.8 Å². The molecule has 0 spiro atoms. The van der Waals surface area contributed by atoms with E-state index in [1.165, 1.54) is 5.56 Å². The minimum Gasteiger partial charge on any atom is -0.358 e. The van der Waals surface area contributed by atoms with Gasteiger partial charge in [0.25, 0.3) is 5.56 Å². The van der Waals surface area contributed by atoms with Crippen molar-refractivity contribution in [1.29, 1.82) is 0 Å². The number of benzene rings is 2. The van der Waals surface area contributed by atoms with Crippen LogP contribution in [0.4, 0.5) is 0 Å². The SMILES string of the molecule is CCN(CC)CCN(Cc1cc2c(C)ccc(C)c2[nH]c1=O)C(=S)NCc1ccccc1. The first kappa shape index (κ1) is 24.0. The van der Waals surface area contributed by atoms with E-state index in [1.54, 1.807) is 0 Å². The summed E-state index contributed by atoms with van der Waals surface area (Å²) < 4.78 is 0. The molecule has 2 N–H and O–H groups in total. The molecule has 3 aromatic rings. The highest BCUT2D eigenvalue weighted by molar-refractivity contribution is 7.80. The van der Waals surface area contributed by atoms with Crippen LogP contribution in [0.3, 0.4) is 0 Å². The quantitative estimate of drug-likeness (QED) is 0.474. The summed E-state index contributed by atoms with van der Waals surface area (Å²) in [6.07, 6.45) is 0. The van der Waals surface area contributed by atoms with Gasteiger partial charge in [-0.3, -0.25) is 4.79 Å². The zero-order chi connectivity index (χ0) is 23.1. The molecule has 0 unspecified atom stereocenters. The summed E-state index contributed by atoms with van der Waals surface area (Å²) in [7, 11) is 0. The van der Waals surface area contributed by atoms with Gasteiger partial charge in [-0.05, 0) is 61.9 Å². The van der Waals surface area contributed by atoms with Crippen molar-refractivity contribution in [3.8, 4) is 0 Å². The van der Waals surface area contributed by atoms with Crippen molar-refractivity contribution in [1.82, 2.24) is 20.1 Å². The molecular formula is C26H34N4OS. The summed E-state index contributed by atoms with van der Waals surface area (Å²) >= 11 is 5.77. The third kappa shape index (κ3) is 5.96. The molecule has 1 aromatic heterocycles. The molecule has 0 saturated carbocycles. The number of likely N-dealkylation sites (N-methyl/N-ethyl adjacent to an activating group) is 1. The minimum absolute atomic E-state index is 0.0510. The largest absolute Gasteiger partial charge is 0.358 e. The summed E-state index contributed by atoms with van der Waals surface area (Å²) in [4.78, 5) is 20.5. The van der Waals surface area contributed by atoms with Gasteiger partial charge in [-0.25, -0.2) is 0 Å². The fraction of sp³-hybridized carbons (Fsp3) is 0.385. The number of aromatic nitrogens is 1. The Balaban J connectivity index is 1.84. The van der Waals surface area contributed by atoms with Gasteiger partial charge in [-0.2, -0.15) is 0 Å². The lowest BCUT2D eigenvalue weighted by atomic mass is 10.0. The van der Waals surface area contributed by atoms with Crippen LogP contribution in [0, 0.1) is 13.8 Å². The van der Waals surface area contributed by atoms with Gasteiger partial charge in [0, 0.05) is 30.6 Å². The number of aryl methyl sites for hydroxylation is 2.